The van der Waals surface area contributed by atoms with Crippen molar-refractivity contribution in [1.29, 1.82) is 0 Å². The highest BCUT2D eigenvalue weighted by molar-refractivity contribution is 5.02. The van der Waals surface area contributed by atoms with Crippen molar-refractivity contribution >= 4 is 0 Å². The van der Waals surface area contributed by atoms with Gasteiger partial charge in [-0.1, -0.05) is 6.92 Å². The molecule has 0 atom stereocenters. The Labute approximate surface area is 99.0 Å². The summed E-state index contributed by atoms with van der Waals surface area (Å²) in [6.45, 7) is 4.98. The highest BCUT2D eigenvalue weighted by Crippen LogP contribution is 2.34. The van der Waals surface area contributed by atoms with E-state index in [1.165, 1.54) is 37.7 Å². The van der Waals surface area contributed by atoms with Crippen molar-refractivity contribution in [1.82, 2.24) is 0 Å². The number of rotatable bonds is 4. The first-order valence-corrected chi connectivity index (χ1v) is 6.72. The van der Waals surface area contributed by atoms with Gasteiger partial charge < -0.3 is 9.47 Å². The second-order valence-electron chi connectivity index (χ2n) is 5.26. The molecule has 92 valence electrons. The highest BCUT2D eigenvalue weighted by atomic mass is 16.5. The van der Waals surface area contributed by atoms with Gasteiger partial charge in [0.1, 0.15) is 0 Å². The maximum absolute atomic E-state index is 5.83. The van der Waals surface area contributed by atoms with Crippen LogP contribution in [0.2, 0.25) is 0 Å². The number of allylic oxidation sites excluding steroid dienone is 1. The minimum absolute atomic E-state index is 0.383. The van der Waals surface area contributed by atoms with E-state index in [2.05, 4.69) is 6.92 Å². The largest absolute Gasteiger partial charge is 0.501 e. The smallest absolute Gasteiger partial charge is 0.0931 e. The Morgan fingerprint density at radius 2 is 1.94 bits per heavy atom. The van der Waals surface area contributed by atoms with Crippen molar-refractivity contribution in [3.05, 3.63) is 11.8 Å². The van der Waals surface area contributed by atoms with Crippen LogP contribution in [0.5, 0.6) is 0 Å². The third-order valence-corrected chi connectivity index (χ3v) is 4.19. The molecule has 1 heterocycles. The van der Waals surface area contributed by atoms with Gasteiger partial charge in [0.2, 0.25) is 0 Å². The van der Waals surface area contributed by atoms with E-state index in [1.807, 2.05) is 6.26 Å². The van der Waals surface area contributed by atoms with E-state index in [4.69, 9.17) is 9.47 Å². The molecule has 1 aliphatic carbocycles. The average Bonchev–Trinajstić information content (AvgIpc) is 2.83. The first kappa shape index (κ1) is 12.0. The van der Waals surface area contributed by atoms with Crippen LogP contribution in [0.1, 0.15) is 51.9 Å². The highest BCUT2D eigenvalue weighted by Gasteiger charge is 2.31. The van der Waals surface area contributed by atoms with Crippen molar-refractivity contribution < 1.29 is 9.47 Å². The van der Waals surface area contributed by atoms with E-state index in [-0.39, 0.29) is 0 Å². The standard InChI is InChI=1S/C14H24O2/c1-2-14(7-9-15-10-8-14)12-16-11-13-5-3-4-6-13/h11H,2-10,12H2,1H3. The molecule has 2 aliphatic rings. The van der Waals surface area contributed by atoms with Gasteiger partial charge in [0.25, 0.3) is 0 Å². The topological polar surface area (TPSA) is 18.5 Å². The molecular weight excluding hydrogens is 200 g/mol. The van der Waals surface area contributed by atoms with Crippen molar-refractivity contribution in [3.8, 4) is 0 Å². The van der Waals surface area contributed by atoms with E-state index >= 15 is 0 Å². The zero-order chi connectivity index (χ0) is 11.3. The summed E-state index contributed by atoms with van der Waals surface area (Å²) in [4.78, 5) is 0. The van der Waals surface area contributed by atoms with E-state index < -0.39 is 0 Å². The second-order valence-corrected chi connectivity index (χ2v) is 5.26. The van der Waals surface area contributed by atoms with Gasteiger partial charge in [-0.2, -0.15) is 0 Å². The van der Waals surface area contributed by atoms with Gasteiger partial charge in [0.15, 0.2) is 0 Å². The molecule has 2 heteroatoms. The Morgan fingerprint density at radius 3 is 2.56 bits per heavy atom. The molecule has 2 rings (SSSR count). The van der Waals surface area contributed by atoms with Gasteiger partial charge in [-0.15, -0.1) is 0 Å². The third kappa shape index (κ3) is 3.00. The maximum Gasteiger partial charge on any atom is 0.0931 e. The van der Waals surface area contributed by atoms with Gasteiger partial charge in [-0.05, 0) is 50.5 Å². The molecule has 2 fully saturated rings. The molecule has 2 nitrogen and oxygen atoms in total. The molecule has 0 N–H and O–H groups in total. The lowest BCUT2D eigenvalue weighted by molar-refractivity contribution is -0.0218. The number of ether oxygens (including phenoxy) is 2. The van der Waals surface area contributed by atoms with E-state index in [1.54, 1.807) is 0 Å². The summed E-state index contributed by atoms with van der Waals surface area (Å²) in [5, 5.41) is 0. The van der Waals surface area contributed by atoms with E-state index in [0.29, 0.717) is 5.41 Å². The van der Waals surface area contributed by atoms with Crippen LogP contribution in [-0.2, 0) is 9.47 Å². The Balaban J connectivity index is 1.79. The van der Waals surface area contributed by atoms with Crippen molar-refractivity contribution in [2.24, 2.45) is 5.41 Å². The van der Waals surface area contributed by atoms with E-state index in [9.17, 15) is 0 Å². The van der Waals surface area contributed by atoms with Gasteiger partial charge in [-0.25, -0.2) is 0 Å². The van der Waals surface area contributed by atoms with Crippen molar-refractivity contribution in [2.45, 2.75) is 51.9 Å². The zero-order valence-corrected chi connectivity index (χ0v) is 10.5. The normalized spacial score (nSPS) is 24.4. The first-order chi connectivity index (χ1) is 7.85. The fourth-order valence-electron chi connectivity index (χ4n) is 2.69. The van der Waals surface area contributed by atoms with Gasteiger partial charge in [0, 0.05) is 18.6 Å². The lowest BCUT2D eigenvalue weighted by atomic mass is 9.79. The molecule has 0 amide bonds. The van der Waals surface area contributed by atoms with Gasteiger partial charge in [-0.3, -0.25) is 0 Å². The van der Waals surface area contributed by atoms with Crippen LogP contribution in [0.15, 0.2) is 11.8 Å². The molecule has 16 heavy (non-hydrogen) atoms. The quantitative estimate of drug-likeness (QED) is 0.678. The van der Waals surface area contributed by atoms with Crippen molar-refractivity contribution in [2.75, 3.05) is 19.8 Å². The Kier molecular flexibility index (Phi) is 4.28. The van der Waals surface area contributed by atoms with Crippen LogP contribution in [0.4, 0.5) is 0 Å². The fourth-order valence-corrected chi connectivity index (χ4v) is 2.69. The molecule has 0 bridgehead atoms. The molecule has 1 aliphatic heterocycles. The molecule has 0 radical (unpaired) electrons. The average molecular weight is 224 g/mol. The predicted molar refractivity (Wildman–Crippen MR) is 65.3 cm³/mol. The summed E-state index contributed by atoms with van der Waals surface area (Å²) in [5.41, 5.74) is 1.90. The molecular formula is C14H24O2. The zero-order valence-electron chi connectivity index (χ0n) is 10.5. The predicted octanol–water partition coefficient (Wildman–Crippen LogP) is 3.67. The van der Waals surface area contributed by atoms with Crippen LogP contribution >= 0.6 is 0 Å². The molecule has 0 unspecified atom stereocenters. The number of hydrogen-bond acceptors (Lipinski definition) is 2. The summed E-state index contributed by atoms with van der Waals surface area (Å²) in [6.07, 6.45) is 10.8. The SMILES string of the molecule is CCC1(COC=C2CCCC2)CCOCC1. The molecule has 0 spiro atoms. The molecule has 1 saturated carbocycles. The Bertz CT molecular complexity index is 231. The summed E-state index contributed by atoms with van der Waals surface area (Å²) >= 11 is 0. The van der Waals surface area contributed by atoms with Crippen LogP contribution < -0.4 is 0 Å². The van der Waals surface area contributed by atoms with E-state index in [0.717, 1.165) is 32.7 Å². The minimum Gasteiger partial charge on any atom is -0.501 e. The maximum atomic E-state index is 5.83. The molecule has 1 saturated heterocycles. The van der Waals surface area contributed by atoms with Crippen LogP contribution in [0.3, 0.4) is 0 Å². The summed E-state index contributed by atoms with van der Waals surface area (Å²) < 4.78 is 11.3. The van der Waals surface area contributed by atoms with Crippen LogP contribution in [0, 0.1) is 5.41 Å². The van der Waals surface area contributed by atoms with Gasteiger partial charge >= 0.3 is 0 Å². The summed E-state index contributed by atoms with van der Waals surface area (Å²) in [6, 6.07) is 0. The molecule has 0 aromatic carbocycles. The monoisotopic (exact) mass is 224 g/mol. The lowest BCUT2D eigenvalue weighted by Crippen LogP contribution is -2.32. The third-order valence-electron chi connectivity index (χ3n) is 4.19. The van der Waals surface area contributed by atoms with Gasteiger partial charge in [0.05, 0.1) is 12.9 Å². The van der Waals surface area contributed by atoms with Crippen molar-refractivity contribution in [3.63, 3.8) is 0 Å². The summed E-state index contributed by atoms with van der Waals surface area (Å²) in [5.74, 6) is 0. The minimum atomic E-state index is 0.383. The van der Waals surface area contributed by atoms with Crippen LogP contribution in [-0.4, -0.2) is 19.8 Å². The molecule has 0 aromatic rings. The Hall–Kier alpha value is -0.500. The van der Waals surface area contributed by atoms with Crippen LogP contribution in [0.25, 0.3) is 0 Å². The Morgan fingerprint density at radius 1 is 1.25 bits per heavy atom. The molecule has 0 aromatic heterocycles. The second kappa shape index (κ2) is 5.72. The fraction of sp³-hybridized carbons (Fsp3) is 0.857. The lowest BCUT2D eigenvalue weighted by Gasteiger charge is -2.35. The number of hydrogen-bond donors (Lipinski definition) is 0. The first-order valence-electron chi connectivity index (χ1n) is 6.72. The summed E-state index contributed by atoms with van der Waals surface area (Å²) in [7, 11) is 0.